The molecule has 3 aromatic heterocycles. The second kappa shape index (κ2) is 9.69. The average molecular weight is 495 g/mol. The number of aromatic nitrogens is 5. The molecule has 1 aliphatic carbocycles. The van der Waals surface area contributed by atoms with E-state index in [1.807, 2.05) is 24.6 Å². The van der Waals surface area contributed by atoms with Crippen LogP contribution in [0.1, 0.15) is 44.3 Å². The number of esters is 1. The van der Waals surface area contributed by atoms with Crippen LogP contribution in [0.15, 0.2) is 60.9 Å². The van der Waals surface area contributed by atoms with Crippen LogP contribution >= 0.6 is 0 Å². The first-order chi connectivity index (χ1) is 18.2. The minimum Gasteiger partial charge on any atom is -0.466 e. The van der Waals surface area contributed by atoms with Crippen molar-refractivity contribution < 1.29 is 9.53 Å². The molecule has 1 aliphatic rings. The summed E-state index contributed by atoms with van der Waals surface area (Å²) in [6, 6.07) is 18.9. The van der Waals surface area contributed by atoms with Gasteiger partial charge in [-0.05, 0) is 44.2 Å². The van der Waals surface area contributed by atoms with Gasteiger partial charge in [0, 0.05) is 23.9 Å². The zero-order chi connectivity index (χ0) is 25.4. The number of hydrogen-bond acceptors (Lipinski definition) is 6. The van der Waals surface area contributed by atoms with E-state index >= 15 is 0 Å². The Morgan fingerprint density at radius 3 is 2.68 bits per heavy atom. The summed E-state index contributed by atoms with van der Waals surface area (Å²) in [6.07, 6.45) is 4.89. The molecule has 0 unspecified atom stereocenters. The lowest BCUT2D eigenvalue weighted by atomic mass is 9.81. The monoisotopic (exact) mass is 494 g/mol. The normalized spacial score (nSPS) is 17.8. The number of carbonyl (C=O) groups is 1. The molecule has 0 radical (unpaired) electrons. The van der Waals surface area contributed by atoms with Gasteiger partial charge in [0.15, 0.2) is 5.82 Å². The number of hydrogen-bond donors (Lipinski definition) is 2. The summed E-state index contributed by atoms with van der Waals surface area (Å²) in [5.41, 5.74) is 5.98. The molecule has 188 valence electrons. The van der Waals surface area contributed by atoms with Gasteiger partial charge in [-0.2, -0.15) is 5.10 Å². The Morgan fingerprint density at radius 2 is 1.92 bits per heavy atom. The van der Waals surface area contributed by atoms with Crippen LogP contribution in [0.2, 0.25) is 0 Å². The molecule has 0 amide bonds. The van der Waals surface area contributed by atoms with Gasteiger partial charge in [0.2, 0.25) is 0 Å². The summed E-state index contributed by atoms with van der Waals surface area (Å²) in [5, 5.41) is 8.95. The standard InChI is InChI=1S/C29H30N6O2/c1-3-37-29(36)20-14-12-19(13-15-20)28-34-25(26-27(30-2)31-17-32-35(26)28)23-16-21-10-7-11-22(24(21)33-23)18-8-5-4-6-9-18/h4-11,16-17,19-20,33H,3,12-15H2,1-2H3,(H,30,31,32). The Kier molecular flexibility index (Phi) is 6.08. The highest BCUT2D eigenvalue weighted by Gasteiger charge is 2.32. The summed E-state index contributed by atoms with van der Waals surface area (Å²) in [4.78, 5) is 25.6. The third kappa shape index (κ3) is 4.12. The summed E-state index contributed by atoms with van der Waals surface area (Å²) in [6.45, 7) is 2.28. The van der Waals surface area contributed by atoms with Crippen LogP contribution < -0.4 is 5.32 Å². The van der Waals surface area contributed by atoms with E-state index in [2.05, 4.69) is 68.9 Å². The Morgan fingerprint density at radius 1 is 1.11 bits per heavy atom. The number of para-hydroxylation sites is 1. The molecule has 1 saturated carbocycles. The maximum atomic E-state index is 12.3. The zero-order valence-corrected chi connectivity index (χ0v) is 21.1. The van der Waals surface area contributed by atoms with E-state index in [9.17, 15) is 4.79 Å². The number of nitrogens with one attached hydrogen (secondary N) is 2. The molecule has 0 saturated heterocycles. The molecule has 8 heteroatoms. The van der Waals surface area contributed by atoms with Crippen LogP contribution in [-0.2, 0) is 9.53 Å². The minimum atomic E-state index is -0.0818. The molecule has 0 spiro atoms. The van der Waals surface area contributed by atoms with Gasteiger partial charge in [-0.15, -0.1) is 0 Å². The number of fused-ring (bicyclic) bond motifs is 2. The van der Waals surface area contributed by atoms with Gasteiger partial charge in [-0.25, -0.2) is 14.5 Å². The Balaban J connectivity index is 1.43. The van der Waals surface area contributed by atoms with Crippen LogP contribution in [0.25, 0.3) is 38.9 Å². The van der Waals surface area contributed by atoms with E-state index in [0.717, 1.165) is 76.3 Å². The maximum absolute atomic E-state index is 12.3. The van der Waals surface area contributed by atoms with Crippen LogP contribution in [0, 0.1) is 5.92 Å². The van der Waals surface area contributed by atoms with Crippen LogP contribution in [0.5, 0.6) is 0 Å². The first-order valence-electron chi connectivity index (χ1n) is 12.9. The summed E-state index contributed by atoms with van der Waals surface area (Å²) in [7, 11) is 1.86. The van der Waals surface area contributed by atoms with Crippen molar-refractivity contribution in [3.05, 3.63) is 66.7 Å². The number of aromatic amines is 1. The smallest absolute Gasteiger partial charge is 0.308 e. The second-order valence-electron chi connectivity index (χ2n) is 9.56. The van der Waals surface area contributed by atoms with E-state index in [-0.39, 0.29) is 17.8 Å². The zero-order valence-electron chi connectivity index (χ0n) is 21.1. The van der Waals surface area contributed by atoms with Crippen molar-refractivity contribution in [2.45, 2.75) is 38.5 Å². The van der Waals surface area contributed by atoms with Gasteiger partial charge in [-0.3, -0.25) is 4.79 Å². The predicted octanol–water partition coefficient (Wildman–Crippen LogP) is 5.82. The lowest BCUT2D eigenvalue weighted by molar-refractivity contribution is -0.149. The minimum absolute atomic E-state index is 0.0329. The van der Waals surface area contributed by atoms with Gasteiger partial charge >= 0.3 is 5.97 Å². The van der Waals surface area contributed by atoms with Crippen molar-refractivity contribution in [1.82, 2.24) is 24.6 Å². The fraction of sp³-hybridized carbons (Fsp3) is 0.310. The number of ether oxygens (including phenoxy) is 1. The van der Waals surface area contributed by atoms with Gasteiger partial charge in [0.05, 0.1) is 23.7 Å². The molecule has 3 heterocycles. The highest BCUT2D eigenvalue weighted by molar-refractivity contribution is 5.98. The predicted molar refractivity (Wildman–Crippen MR) is 144 cm³/mol. The highest BCUT2D eigenvalue weighted by Crippen LogP contribution is 2.40. The Bertz CT molecular complexity index is 1560. The summed E-state index contributed by atoms with van der Waals surface area (Å²) >= 11 is 0. The second-order valence-corrected chi connectivity index (χ2v) is 9.56. The number of benzene rings is 2. The Hall–Kier alpha value is -4.20. The van der Waals surface area contributed by atoms with E-state index in [4.69, 9.17) is 9.72 Å². The van der Waals surface area contributed by atoms with Crippen LogP contribution in [0.3, 0.4) is 0 Å². The molecule has 0 aliphatic heterocycles. The first-order valence-corrected chi connectivity index (χ1v) is 12.9. The van der Waals surface area contributed by atoms with Crippen molar-refractivity contribution in [3.63, 3.8) is 0 Å². The van der Waals surface area contributed by atoms with Gasteiger partial charge in [0.25, 0.3) is 0 Å². The highest BCUT2D eigenvalue weighted by atomic mass is 16.5. The summed E-state index contributed by atoms with van der Waals surface area (Å²) < 4.78 is 7.19. The van der Waals surface area contributed by atoms with E-state index in [0.29, 0.717) is 6.61 Å². The molecule has 5 aromatic rings. The number of imidazole rings is 1. The fourth-order valence-corrected chi connectivity index (χ4v) is 5.58. The maximum Gasteiger partial charge on any atom is 0.308 e. The van der Waals surface area contributed by atoms with Crippen molar-refractivity contribution in [1.29, 1.82) is 0 Å². The summed E-state index contributed by atoms with van der Waals surface area (Å²) in [5.74, 6) is 1.73. The topological polar surface area (TPSA) is 97.2 Å². The third-order valence-electron chi connectivity index (χ3n) is 7.40. The molecular formula is C29H30N6O2. The number of carbonyl (C=O) groups excluding carboxylic acids is 1. The third-order valence-corrected chi connectivity index (χ3v) is 7.40. The average Bonchev–Trinajstić information content (AvgIpc) is 3.55. The van der Waals surface area contributed by atoms with Crippen LogP contribution in [-0.4, -0.2) is 44.2 Å². The molecular weight excluding hydrogens is 464 g/mol. The van der Waals surface area contributed by atoms with Crippen LogP contribution in [0.4, 0.5) is 5.82 Å². The fourth-order valence-electron chi connectivity index (χ4n) is 5.58. The van der Waals surface area contributed by atoms with E-state index < -0.39 is 0 Å². The number of rotatable bonds is 6. The van der Waals surface area contributed by atoms with Gasteiger partial charge < -0.3 is 15.0 Å². The molecule has 0 atom stereocenters. The molecule has 8 nitrogen and oxygen atoms in total. The molecule has 2 aromatic carbocycles. The Labute approximate surface area is 215 Å². The van der Waals surface area contributed by atoms with Crippen molar-refractivity contribution in [2.75, 3.05) is 19.0 Å². The number of H-pyrrole nitrogens is 1. The van der Waals surface area contributed by atoms with Crippen molar-refractivity contribution >= 4 is 28.2 Å². The lowest BCUT2D eigenvalue weighted by Crippen LogP contribution is -2.24. The lowest BCUT2D eigenvalue weighted by Gasteiger charge is -2.26. The SMILES string of the molecule is CCOC(=O)C1CCC(c2nc(-c3cc4cccc(-c5ccccc5)c4[nH]3)c3c(NC)ncnn23)CC1. The molecule has 0 bridgehead atoms. The van der Waals surface area contributed by atoms with Crippen molar-refractivity contribution in [3.8, 4) is 22.5 Å². The molecule has 37 heavy (non-hydrogen) atoms. The van der Waals surface area contributed by atoms with Crippen molar-refractivity contribution in [2.24, 2.45) is 5.92 Å². The van der Waals surface area contributed by atoms with Gasteiger partial charge in [0.1, 0.15) is 23.4 Å². The molecule has 6 rings (SSSR count). The largest absolute Gasteiger partial charge is 0.466 e. The first kappa shape index (κ1) is 23.2. The van der Waals surface area contributed by atoms with E-state index in [1.54, 1.807) is 6.33 Å². The van der Waals surface area contributed by atoms with E-state index in [1.165, 1.54) is 0 Å². The number of nitrogens with zero attached hydrogens (tertiary/aromatic N) is 4. The number of anilines is 1. The quantitative estimate of drug-likeness (QED) is 0.289. The molecule has 1 fully saturated rings. The molecule has 2 N–H and O–H groups in total. The van der Waals surface area contributed by atoms with Gasteiger partial charge in [-0.1, -0.05) is 48.5 Å².